The minimum absolute atomic E-state index is 0.111. The Kier molecular flexibility index (Phi) is 5.34. The third kappa shape index (κ3) is 4.13. The van der Waals surface area contributed by atoms with Crippen molar-refractivity contribution in [2.45, 2.75) is 58.6 Å². The van der Waals surface area contributed by atoms with E-state index in [2.05, 4.69) is 19.9 Å². The van der Waals surface area contributed by atoms with Crippen molar-refractivity contribution < 1.29 is 4.74 Å². The summed E-state index contributed by atoms with van der Waals surface area (Å²) >= 11 is 6.34. The summed E-state index contributed by atoms with van der Waals surface area (Å²) in [4.78, 5) is 0. The van der Waals surface area contributed by atoms with Gasteiger partial charge in [0, 0.05) is 6.04 Å². The third-order valence-corrected chi connectivity index (χ3v) is 4.31. The van der Waals surface area contributed by atoms with E-state index in [0.717, 1.165) is 42.4 Å². The number of hydrogen-bond acceptors (Lipinski definition) is 2. The molecule has 112 valence electrons. The highest BCUT2D eigenvalue weighted by molar-refractivity contribution is 6.32. The first-order valence-corrected chi connectivity index (χ1v) is 8.03. The normalized spacial score (nSPS) is 28.1. The molecule has 1 aliphatic rings. The minimum Gasteiger partial charge on any atom is -0.489 e. The highest BCUT2D eigenvalue weighted by Crippen LogP contribution is 2.35. The van der Waals surface area contributed by atoms with Crippen LogP contribution in [0.25, 0.3) is 0 Å². The number of halogens is 1. The molecule has 0 saturated heterocycles. The van der Waals surface area contributed by atoms with Crippen molar-refractivity contribution in [1.82, 2.24) is 0 Å². The van der Waals surface area contributed by atoms with E-state index in [0.29, 0.717) is 5.02 Å². The predicted octanol–water partition coefficient (Wildman–Crippen LogP) is 4.43. The summed E-state index contributed by atoms with van der Waals surface area (Å²) in [5.41, 5.74) is 7.05. The molecule has 0 radical (unpaired) electrons. The van der Waals surface area contributed by atoms with Crippen molar-refractivity contribution in [3.05, 3.63) is 28.8 Å². The maximum Gasteiger partial charge on any atom is 0.141 e. The number of nitrogens with two attached hydrogens (primary N) is 1. The quantitative estimate of drug-likeness (QED) is 0.891. The lowest BCUT2D eigenvalue weighted by molar-refractivity contribution is 0.100. The molecule has 1 aromatic rings. The second kappa shape index (κ2) is 6.82. The molecule has 3 atom stereocenters. The lowest BCUT2D eigenvalue weighted by Crippen LogP contribution is -2.29. The van der Waals surface area contributed by atoms with Gasteiger partial charge >= 0.3 is 0 Å². The zero-order valence-electron chi connectivity index (χ0n) is 12.7. The van der Waals surface area contributed by atoms with Crippen molar-refractivity contribution in [3.63, 3.8) is 0 Å². The molecule has 2 nitrogen and oxygen atoms in total. The Morgan fingerprint density at radius 3 is 2.50 bits per heavy atom. The Morgan fingerprint density at radius 2 is 1.90 bits per heavy atom. The number of para-hydroxylation sites is 1. The van der Waals surface area contributed by atoms with Crippen LogP contribution in [0, 0.1) is 11.8 Å². The van der Waals surface area contributed by atoms with Crippen LogP contribution < -0.4 is 10.5 Å². The van der Waals surface area contributed by atoms with Crippen molar-refractivity contribution in [3.8, 4) is 5.75 Å². The predicted molar refractivity (Wildman–Crippen MR) is 85.4 cm³/mol. The summed E-state index contributed by atoms with van der Waals surface area (Å²) in [5.74, 6) is 2.30. The van der Waals surface area contributed by atoms with Crippen LogP contribution in [0.5, 0.6) is 5.75 Å². The van der Waals surface area contributed by atoms with E-state index >= 15 is 0 Å². The van der Waals surface area contributed by atoms with Gasteiger partial charge in [-0.3, -0.25) is 0 Å². The molecule has 1 aliphatic carbocycles. The average Bonchev–Trinajstić information content (AvgIpc) is 2.31. The van der Waals surface area contributed by atoms with E-state index < -0.39 is 0 Å². The molecular formula is C17H26ClNO. The summed E-state index contributed by atoms with van der Waals surface area (Å²) in [6.07, 6.45) is 4.61. The lowest BCUT2D eigenvalue weighted by atomic mass is 9.82. The van der Waals surface area contributed by atoms with E-state index in [9.17, 15) is 0 Å². The first kappa shape index (κ1) is 15.7. The number of ether oxygens (including phenoxy) is 1. The zero-order valence-corrected chi connectivity index (χ0v) is 13.5. The van der Waals surface area contributed by atoms with E-state index in [1.807, 2.05) is 19.1 Å². The van der Waals surface area contributed by atoms with Gasteiger partial charge in [0.2, 0.25) is 0 Å². The van der Waals surface area contributed by atoms with E-state index in [1.54, 1.807) is 0 Å². The molecule has 0 aromatic heterocycles. The van der Waals surface area contributed by atoms with Gasteiger partial charge in [-0.2, -0.15) is 0 Å². The molecule has 20 heavy (non-hydrogen) atoms. The first-order chi connectivity index (χ1) is 9.45. The largest absolute Gasteiger partial charge is 0.489 e. The van der Waals surface area contributed by atoms with Crippen molar-refractivity contribution in [2.75, 3.05) is 0 Å². The number of benzene rings is 1. The average molecular weight is 296 g/mol. The van der Waals surface area contributed by atoms with Crippen LogP contribution in [-0.4, -0.2) is 12.1 Å². The SMILES string of the molecule is CC(N)Cc1cccc(Cl)c1OC1CC(C)CC(C)C1. The fraction of sp³-hybridized carbons (Fsp3) is 0.647. The monoisotopic (exact) mass is 295 g/mol. The van der Waals surface area contributed by atoms with Crippen molar-refractivity contribution in [2.24, 2.45) is 17.6 Å². The highest BCUT2D eigenvalue weighted by atomic mass is 35.5. The molecule has 1 aromatic carbocycles. The van der Waals surface area contributed by atoms with Crippen LogP contribution >= 0.6 is 11.6 Å². The molecule has 1 fully saturated rings. The smallest absolute Gasteiger partial charge is 0.141 e. The van der Waals surface area contributed by atoms with Crippen LogP contribution in [0.2, 0.25) is 5.02 Å². The molecule has 2 rings (SSSR count). The van der Waals surface area contributed by atoms with Gasteiger partial charge in [0.25, 0.3) is 0 Å². The molecule has 0 amide bonds. The molecule has 3 heteroatoms. The maximum atomic E-state index is 6.34. The van der Waals surface area contributed by atoms with Gasteiger partial charge in [-0.05, 0) is 56.1 Å². The second-order valence-electron chi connectivity index (χ2n) is 6.57. The number of hydrogen-bond donors (Lipinski definition) is 1. The fourth-order valence-electron chi connectivity index (χ4n) is 3.33. The van der Waals surface area contributed by atoms with Crippen molar-refractivity contribution in [1.29, 1.82) is 0 Å². The molecule has 1 saturated carbocycles. The summed E-state index contributed by atoms with van der Waals surface area (Å²) in [5, 5.41) is 0.703. The van der Waals surface area contributed by atoms with E-state index in [4.69, 9.17) is 22.1 Å². The van der Waals surface area contributed by atoms with E-state index in [1.165, 1.54) is 6.42 Å². The van der Waals surface area contributed by atoms with E-state index in [-0.39, 0.29) is 12.1 Å². The van der Waals surface area contributed by atoms with Gasteiger partial charge in [0.1, 0.15) is 5.75 Å². The summed E-state index contributed by atoms with van der Waals surface area (Å²) in [6.45, 7) is 6.62. The summed E-state index contributed by atoms with van der Waals surface area (Å²) < 4.78 is 6.27. The first-order valence-electron chi connectivity index (χ1n) is 7.65. The van der Waals surface area contributed by atoms with Gasteiger partial charge in [-0.25, -0.2) is 0 Å². The standard InChI is InChI=1S/C17H26ClNO/c1-11-7-12(2)9-15(8-11)20-17-14(10-13(3)19)5-4-6-16(17)18/h4-6,11-13,15H,7-10,19H2,1-3H3. The van der Waals surface area contributed by atoms with Gasteiger partial charge in [-0.1, -0.05) is 37.6 Å². The van der Waals surface area contributed by atoms with Crippen LogP contribution in [0.15, 0.2) is 18.2 Å². The second-order valence-corrected chi connectivity index (χ2v) is 6.97. The van der Waals surface area contributed by atoms with Gasteiger partial charge in [0.05, 0.1) is 11.1 Å². The molecule has 3 unspecified atom stereocenters. The molecule has 0 bridgehead atoms. The molecule has 0 aliphatic heterocycles. The van der Waals surface area contributed by atoms with Crippen LogP contribution in [-0.2, 0) is 6.42 Å². The summed E-state index contributed by atoms with van der Waals surface area (Å²) in [6, 6.07) is 6.05. The number of rotatable bonds is 4. The Morgan fingerprint density at radius 1 is 1.25 bits per heavy atom. The Hall–Kier alpha value is -0.730. The summed E-state index contributed by atoms with van der Waals surface area (Å²) in [7, 11) is 0. The van der Waals surface area contributed by atoms with Gasteiger partial charge in [-0.15, -0.1) is 0 Å². The lowest BCUT2D eigenvalue weighted by Gasteiger charge is -2.32. The Balaban J connectivity index is 2.15. The minimum atomic E-state index is 0.111. The Labute approximate surface area is 127 Å². The molecule has 0 spiro atoms. The fourth-order valence-corrected chi connectivity index (χ4v) is 3.57. The van der Waals surface area contributed by atoms with Crippen LogP contribution in [0.3, 0.4) is 0 Å². The highest BCUT2D eigenvalue weighted by Gasteiger charge is 2.26. The maximum absolute atomic E-state index is 6.34. The molecule has 2 N–H and O–H groups in total. The van der Waals surface area contributed by atoms with Gasteiger partial charge in [0.15, 0.2) is 0 Å². The topological polar surface area (TPSA) is 35.2 Å². The zero-order chi connectivity index (χ0) is 14.7. The van der Waals surface area contributed by atoms with Gasteiger partial charge < -0.3 is 10.5 Å². The molecule has 0 heterocycles. The van der Waals surface area contributed by atoms with Crippen LogP contribution in [0.1, 0.15) is 45.6 Å². The molecular weight excluding hydrogens is 270 g/mol. The Bertz CT molecular complexity index is 437. The van der Waals surface area contributed by atoms with Crippen LogP contribution in [0.4, 0.5) is 0 Å². The van der Waals surface area contributed by atoms with Crippen molar-refractivity contribution >= 4 is 11.6 Å². The third-order valence-electron chi connectivity index (χ3n) is 4.01.